The molecule has 0 aromatic heterocycles. The molecule has 0 N–H and O–H groups in total. The van der Waals surface area contributed by atoms with Crippen LogP contribution in [0.25, 0.3) is 0 Å². The van der Waals surface area contributed by atoms with Crippen molar-refractivity contribution in [2.24, 2.45) is 11.3 Å². The molecule has 2 aliphatic carbocycles. The van der Waals surface area contributed by atoms with Crippen molar-refractivity contribution in [1.29, 1.82) is 0 Å². The van der Waals surface area contributed by atoms with E-state index in [0.717, 1.165) is 6.42 Å². The SMILES string of the molecule is FC(F)(F)C12CC=CC(CC1)C2. The summed E-state index contributed by atoms with van der Waals surface area (Å²) in [5, 5.41) is 0. The van der Waals surface area contributed by atoms with Crippen molar-refractivity contribution < 1.29 is 13.2 Å². The lowest BCUT2D eigenvalue weighted by molar-refractivity contribution is -0.222. The molecule has 2 unspecified atom stereocenters. The summed E-state index contributed by atoms with van der Waals surface area (Å²) in [5.41, 5.74) is -1.35. The van der Waals surface area contributed by atoms with E-state index in [9.17, 15) is 13.2 Å². The van der Waals surface area contributed by atoms with E-state index in [2.05, 4.69) is 0 Å². The van der Waals surface area contributed by atoms with Crippen LogP contribution in [0.2, 0.25) is 0 Å². The van der Waals surface area contributed by atoms with Crippen LogP contribution < -0.4 is 0 Å². The van der Waals surface area contributed by atoms with E-state index in [0.29, 0.717) is 12.8 Å². The molecule has 1 saturated carbocycles. The Hall–Kier alpha value is -0.470. The Morgan fingerprint density at radius 1 is 1.33 bits per heavy atom. The van der Waals surface area contributed by atoms with Crippen LogP contribution in [0.1, 0.15) is 25.7 Å². The van der Waals surface area contributed by atoms with E-state index in [-0.39, 0.29) is 12.3 Å². The fourth-order valence-electron chi connectivity index (χ4n) is 2.38. The molecule has 0 radical (unpaired) electrons. The number of hydrogen-bond donors (Lipinski definition) is 0. The number of hydrogen-bond acceptors (Lipinski definition) is 0. The summed E-state index contributed by atoms with van der Waals surface area (Å²) in [7, 11) is 0. The smallest absolute Gasteiger partial charge is 0.170 e. The molecule has 2 aliphatic rings. The van der Waals surface area contributed by atoms with Gasteiger partial charge in [0.05, 0.1) is 5.41 Å². The first-order chi connectivity index (χ1) is 5.54. The van der Waals surface area contributed by atoms with E-state index in [1.165, 1.54) is 0 Å². The highest BCUT2D eigenvalue weighted by molar-refractivity contribution is 5.09. The molecular weight excluding hydrogens is 165 g/mol. The molecule has 1 fully saturated rings. The monoisotopic (exact) mass is 176 g/mol. The van der Waals surface area contributed by atoms with Crippen molar-refractivity contribution in [3.63, 3.8) is 0 Å². The molecule has 2 rings (SSSR count). The van der Waals surface area contributed by atoms with Gasteiger partial charge in [0.1, 0.15) is 0 Å². The van der Waals surface area contributed by atoms with Gasteiger partial charge in [0.25, 0.3) is 0 Å². The summed E-state index contributed by atoms with van der Waals surface area (Å²) >= 11 is 0. The second-order valence-corrected chi connectivity index (χ2v) is 3.91. The minimum absolute atomic E-state index is 0.195. The third-order valence-corrected chi connectivity index (χ3v) is 3.16. The highest BCUT2D eigenvalue weighted by Crippen LogP contribution is 2.57. The average Bonchev–Trinajstić information content (AvgIpc) is 2.27. The third kappa shape index (κ3) is 0.985. The number of halogens is 3. The summed E-state index contributed by atoms with van der Waals surface area (Å²) in [6.07, 6.45) is 1.22. The molecule has 12 heavy (non-hydrogen) atoms. The van der Waals surface area contributed by atoms with E-state index >= 15 is 0 Å². The zero-order valence-electron chi connectivity index (χ0n) is 6.69. The maximum atomic E-state index is 12.6. The van der Waals surface area contributed by atoms with Gasteiger partial charge in [0.2, 0.25) is 0 Å². The molecule has 0 nitrogen and oxygen atoms in total. The summed E-state index contributed by atoms with van der Waals surface area (Å²) in [6.45, 7) is 0. The molecule has 0 aromatic carbocycles. The van der Waals surface area contributed by atoms with Gasteiger partial charge in [0, 0.05) is 0 Å². The van der Waals surface area contributed by atoms with Gasteiger partial charge in [0.15, 0.2) is 0 Å². The van der Waals surface area contributed by atoms with Crippen LogP contribution in [0.4, 0.5) is 13.2 Å². The van der Waals surface area contributed by atoms with Gasteiger partial charge in [-0.3, -0.25) is 0 Å². The van der Waals surface area contributed by atoms with Gasteiger partial charge in [-0.05, 0) is 31.6 Å². The Morgan fingerprint density at radius 2 is 2.08 bits per heavy atom. The Balaban J connectivity index is 2.28. The van der Waals surface area contributed by atoms with Crippen LogP contribution in [0, 0.1) is 11.3 Å². The highest BCUT2D eigenvalue weighted by atomic mass is 19.4. The molecule has 0 aromatic rings. The van der Waals surface area contributed by atoms with Crippen molar-refractivity contribution >= 4 is 0 Å². The van der Waals surface area contributed by atoms with Crippen LogP contribution >= 0.6 is 0 Å². The standard InChI is InChI=1S/C9H11F3/c10-9(11,12)8-4-1-2-7(6-8)3-5-8/h1-2,7H,3-6H2. The van der Waals surface area contributed by atoms with Gasteiger partial charge in [-0.2, -0.15) is 13.2 Å². The predicted molar refractivity (Wildman–Crippen MR) is 39.6 cm³/mol. The summed E-state index contributed by atoms with van der Waals surface area (Å²) in [5.74, 6) is 0.195. The van der Waals surface area contributed by atoms with E-state index in [4.69, 9.17) is 0 Å². The molecule has 0 aliphatic heterocycles. The predicted octanol–water partition coefficient (Wildman–Crippen LogP) is 3.30. The summed E-state index contributed by atoms with van der Waals surface area (Å²) in [4.78, 5) is 0. The Bertz CT molecular complexity index is 216. The quantitative estimate of drug-likeness (QED) is 0.497. The van der Waals surface area contributed by atoms with Crippen molar-refractivity contribution in [2.45, 2.75) is 31.9 Å². The molecule has 0 spiro atoms. The number of alkyl halides is 3. The first-order valence-corrected chi connectivity index (χ1v) is 4.27. The lowest BCUT2D eigenvalue weighted by atomic mass is 9.78. The molecule has 0 amide bonds. The Morgan fingerprint density at radius 3 is 2.67 bits per heavy atom. The second-order valence-electron chi connectivity index (χ2n) is 3.91. The first kappa shape index (κ1) is 8.14. The lowest BCUT2D eigenvalue weighted by Crippen LogP contribution is -2.36. The minimum atomic E-state index is -3.99. The van der Waals surface area contributed by atoms with Crippen LogP contribution in [0.5, 0.6) is 0 Å². The van der Waals surface area contributed by atoms with Gasteiger partial charge in [-0.1, -0.05) is 12.2 Å². The van der Waals surface area contributed by atoms with Crippen molar-refractivity contribution in [1.82, 2.24) is 0 Å². The van der Waals surface area contributed by atoms with E-state index in [1.54, 1.807) is 6.08 Å². The molecule has 2 atom stereocenters. The Labute approximate surface area is 69.5 Å². The summed E-state index contributed by atoms with van der Waals surface area (Å²) < 4.78 is 37.8. The molecule has 0 saturated heterocycles. The fourth-order valence-corrected chi connectivity index (χ4v) is 2.38. The highest BCUT2D eigenvalue weighted by Gasteiger charge is 2.57. The number of rotatable bonds is 0. The van der Waals surface area contributed by atoms with Crippen molar-refractivity contribution in [3.8, 4) is 0 Å². The molecule has 2 bridgehead atoms. The topological polar surface area (TPSA) is 0 Å². The zero-order valence-corrected chi connectivity index (χ0v) is 6.69. The maximum Gasteiger partial charge on any atom is 0.394 e. The van der Waals surface area contributed by atoms with Crippen LogP contribution in [0.15, 0.2) is 12.2 Å². The summed E-state index contributed by atoms with van der Waals surface area (Å²) in [6, 6.07) is 0. The number of allylic oxidation sites excluding steroid dienone is 2. The lowest BCUT2D eigenvalue weighted by Gasteiger charge is -2.32. The van der Waals surface area contributed by atoms with Crippen molar-refractivity contribution in [2.75, 3.05) is 0 Å². The van der Waals surface area contributed by atoms with Gasteiger partial charge < -0.3 is 0 Å². The third-order valence-electron chi connectivity index (χ3n) is 3.16. The Kier molecular flexibility index (Phi) is 1.54. The van der Waals surface area contributed by atoms with Crippen molar-refractivity contribution in [3.05, 3.63) is 12.2 Å². The van der Waals surface area contributed by atoms with Crippen LogP contribution in [0.3, 0.4) is 0 Å². The minimum Gasteiger partial charge on any atom is -0.170 e. The second kappa shape index (κ2) is 2.27. The fraction of sp³-hybridized carbons (Fsp3) is 0.778. The molecule has 68 valence electrons. The molecular formula is C9H11F3. The first-order valence-electron chi connectivity index (χ1n) is 4.27. The largest absolute Gasteiger partial charge is 0.394 e. The van der Waals surface area contributed by atoms with E-state index < -0.39 is 11.6 Å². The van der Waals surface area contributed by atoms with Gasteiger partial charge >= 0.3 is 6.18 Å². The zero-order chi connectivity index (χ0) is 8.82. The van der Waals surface area contributed by atoms with Crippen LogP contribution in [-0.2, 0) is 0 Å². The maximum absolute atomic E-state index is 12.6. The molecule has 3 heteroatoms. The normalized spacial score (nSPS) is 40.4. The molecule has 0 heterocycles. The number of fused-ring (bicyclic) bond motifs is 2. The van der Waals surface area contributed by atoms with E-state index in [1.807, 2.05) is 6.08 Å². The van der Waals surface area contributed by atoms with Gasteiger partial charge in [-0.25, -0.2) is 0 Å². The van der Waals surface area contributed by atoms with Gasteiger partial charge in [-0.15, -0.1) is 0 Å². The average molecular weight is 176 g/mol. The van der Waals surface area contributed by atoms with Crippen LogP contribution in [-0.4, -0.2) is 6.18 Å².